The van der Waals surface area contributed by atoms with Crippen LogP contribution in [0, 0.1) is 10.1 Å². The van der Waals surface area contributed by atoms with Crippen LogP contribution >= 0.6 is 0 Å². The summed E-state index contributed by atoms with van der Waals surface area (Å²) in [6.45, 7) is 0. The van der Waals surface area contributed by atoms with Crippen LogP contribution in [0.5, 0.6) is 0 Å². The Morgan fingerprint density at radius 3 is 2.57 bits per heavy atom. The van der Waals surface area contributed by atoms with E-state index >= 15 is 0 Å². The van der Waals surface area contributed by atoms with Gasteiger partial charge in [-0.1, -0.05) is 19.3 Å². The van der Waals surface area contributed by atoms with E-state index in [0.29, 0.717) is 11.7 Å². The van der Waals surface area contributed by atoms with Gasteiger partial charge in [0.05, 0.1) is 16.3 Å². The molecule has 1 saturated carbocycles. The van der Waals surface area contributed by atoms with Crippen molar-refractivity contribution in [2.45, 2.75) is 38.1 Å². The average molecular weight is 287 g/mol. The van der Waals surface area contributed by atoms with Gasteiger partial charge in [-0.2, -0.15) is 0 Å². The Hall–Kier alpha value is -2.44. The first-order valence-corrected chi connectivity index (χ1v) is 7.14. The summed E-state index contributed by atoms with van der Waals surface area (Å²) < 4.78 is 1.69. The molecule has 0 spiro atoms. The van der Waals surface area contributed by atoms with Gasteiger partial charge in [-0.3, -0.25) is 14.7 Å². The van der Waals surface area contributed by atoms with Gasteiger partial charge in [0.25, 0.3) is 5.69 Å². The maximum atomic E-state index is 11.0. The van der Waals surface area contributed by atoms with Crippen LogP contribution in [0.1, 0.15) is 32.1 Å². The normalized spacial score (nSPS) is 15.8. The lowest BCUT2D eigenvalue weighted by Gasteiger charge is -2.25. The van der Waals surface area contributed by atoms with E-state index in [1.165, 1.54) is 25.3 Å². The lowest BCUT2D eigenvalue weighted by molar-refractivity contribution is -0.384. The first-order valence-electron chi connectivity index (χ1n) is 7.14. The maximum absolute atomic E-state index is 11.0. The molecule has 0 bridgehead atoms. The molecular formula is C14H17N5O2. The molecule has 1 heterocycles. The average Bonchev–Trinajstić information content (AvgIpc) is 3.02. The highest BCUT2D eigenvalue weighted by atomic mass is 16.6. The van der Waals surface area contributed by atoms with Gasteiger partial charge in [0.1, 0.15) is 12.7 Å². The second-order valence-corrected chi connectivity index (χ2v) is 5.31. The fraction of sp³-hybridized carbons (Fsp3) is 0.429. The Kier molecular flexibility index (Phi) is 3.81. The maximum Gasteiger partial charge on any atom is 0.271 e. The standard InChI is InChI=1S/C14H17N5O2/c20-19(21)12-6-7-13(17-11-4-2-1-3-5-11)14(8-12)18-9-15-16-10-18/h6-11,17H,1-5H2. The summed E-state index contributed by atoms with van der Waals surface area (Å²) in [5.74, 6) is 0. The Morgan fingerprint density at radius 1 is 1.19 bits per heavy atom. The first-order chi connectivity index (χ1) is 10.2. The van der Waals surface area contributed by atoms with Crippen molar-refractivity contribution < 1.29 is 4.92 Å². The van der Waals surface area contributed by atoms with Crippen LogP contribution in [0.4, 0.5) is 11.4 Å². The lowest BCUT2D eigenvalue weighted by Crippen LogP contribution is -2.23. The van der Waals surface area contributed by atoms with Crippen molar-refractivity contribution in [2.75, 3.05) is 5.32 Å². The summed E-state index contributed by atoms with van der Waals surface area (Å²) in [5.41, 5.74) is 1.65. The smallest absolute Gasteiger partial charge is 0.271 e. The van der Waals surface area contributed by atoms with Gasteiger partial charge in [-0.05, 0) is 18.9 Å². The van der Waals surface area contributed by atoms with Crippen LogP contribution in [-0.4, -0.2) is 25.7 Å². The van der Waals surface area contributed by atoms with Crippen LogP contribution in [0.3, 0.4) is 0 Å². The summed E-state index contributed by atoms with van der Waals surface area (Å²) in [6.07, 6.45) is 9.11. The number of benzene rings is 1. The number of rotatable bonds is 4. The molecule has 1 fully saturated rings. The van der Waals surface area contributed by atoms with E-state index in [9.17, 15) is 10.1 Å². The minimum atomic E-state index is -0.391. The third kappa shape index (κ3) is 3.01. The molecule has 0 radical (unpaired) electrons. The first kappa shape index (κ1) is 13.5. The van der Waals surface area contributed by atoms with E-state index in [0.717, 1.165) is 18.5 Å². The van der Waals surface area contributed by atoms with Gasteiger partial charge in [0.2, 0.25) is 0 Å². The molecule has 110 valence electrons. The number of aromatic nitrogens is 3. The zero-order chi connectivity index (χ0) is 14.7. The van der Waals surface area contributed by atoms with Gasteiger partial charge in [0, 0.05) is 18.2 Å². The Labute approximate surface area is 122 Å². The van der Waals surface area contributed by atoms with Gasteiger partial charge in [-0.15, -0.1) is 10.2 Å². The highest BCUT2D eigenvalue weighted by Gasteiger charge is 2.17. The van der Waals surface area contributed by atoms with E-state index in [-0.39, 0.29) is 5.69 Å². The van der Waals surface area contributed by atoms with Gasteiger partial charge < -0.3 is 5.32 Å². The number of nitro groups is 1. The third-order valence-electron chi connectivity index (χ3n) is 3.85. The van der Waals surface area contributed by atoms with Crippen LogP contribution < -0.4 is 5.32 Å². The summed E-state index contributed by atoms with van der Waals surface area (Å²) in [4.78, 5) is 10.6. The largest absolute Gasteiger partial charge is 0.381 e. The molecule has 1 aromatic heterocycles. The SMILES string of the molecule is O=[N+]([O-])c1ccc(NC2CCCCC2)c(-n2cnnc2)c1. The molecule has 3 rings (SSSR count). The molecule has 7 heteroatoms. The number of hydrogen-bond donors (Lipinski definition) is 1. The van der Waals surface area contributed by atoms with Crippen molar-refractivity contribution in [1.29, 1.82) is 0 Å². The van der Waals surface area contributed by atoms with Crippen molar-refractivity contribution in [1.82, 2.24) is 14.8 Å². The summed E-state index contributed by atoms with van der Waals surface area (Å²) in [7, 11) is 0. The van der Waals surface area contributed by atoms with E-state index in [4.69, 9.17) is 0 Å². The molecule has 1 N–H and O–H groups in total. The van der Waals surface area contributed by atoms with E-state index in [1.54, 1.807) is 29.4 Å². The number of hydrogen-bond acceptors (Lipinski definition) is 5. The molecule has 2 aromatic rings. The third-order valence-corrected chi connectivity index (χ3v) is 3.85. The van der Waals surface area contributed by atoms with Crippen molar-refractivity contribution in [3.8, 4) is 5.69 Å². The minimum Gasteiger partial charge on any atom is -0.381 e. The zero-order valence-corrected chi connectivity index (χ0v) is 11.6. The number of anilines is 1. The fourth-order valence-corrected chi connectivity index (χ4v) is 2.76. The van der Waals surface area contributed by atoms with Crippen molar-refractivity contribution in [2.24, 2.45) is 0 Å². The predicted molar refractivity (Wildman–Crippen MR) is 78.5 cm³/mol. The molecule has 0 amide bonds. The molecule has 1 aliphatic rings. The van der Waals surface area contributed by atoms with E-state index in [2.05, 4.69) is 15.5 Å². The van der Waals surface area contributed by atoms with E-state index < -0.39 is 4.92 Å². The molecule has 1 aliphatic carbocycles. The van der Waals surface area contributed by atoms with Gasteiger partial charge in [-0.25, -0.2) is 0 Å². The molecule has 0 unspecified atom stereocenters. The minimum absolute atomic E-state index is 0.0629. The highest BCUT2D eigenvalue weighted by Crippen LogP contribution is 2.28. The summed E-state index contributed by atoms with van der Waals surface area (Å²) in [5, 5.41) is 22.0. The van der Waals surface area contributed by atoms with Crippen LogP contribution in [-0.2, 0) is 0 Å². The number of nitro benzene ring substituents is 1. The molecule has 21 heavy (non-hydrogen) atoms. The van der Waals surface area contributed by atoms with E-state index in [1.807, 2.05) is 0 Å². The second-order valence-electron chi connectivity index (χ2n) is 5.31. The van der Waals surface area contributed by atoms with Crippen LogP contribution in [0.2, 0.25) is 0 Å². The molecular weight excluding hydrogens is 270 g/mol. The molecule has 0 saturated heterocycles. The Morgan fingerprint density at radius 2 is 1.90 bits per heavy atom. The van der Waals surface area contributed by atoms with Crippen molar-refractivity contribution >= 4 is 11.4 Å². The van der Waals surface area contributed by atoms with Gasteiger partial charge in [0.15, 0.2) is 0 Å². The lowest BCUT2D eigenvalue weighted by atomic mass is 9.95. The molecule has 7 nitrogen and oxygen atoms in total. The summed E-state index contributed by atoms with van der Waals surface area (Å²) >= 11 is 0. The Bertz CT molecular complexity index is 620. The summed E-state index contributed by atoms with van der Waals surface area (Å²) in [6, 6.07) is 5.27. The predicted octanol–water partition coefficient (Wildman–Crippen LogP) is 2.92. The quantitative estimate of drug-likeness (QED) is 0.690. The molecule has 0 atom stereocenters. The Balaban J connectivity index is 1.92. The van der Waals surface area contributed by atoms with Crippen LogP contribution in [0.15, 0.2) is 30.9 Å². The second kappa shape index (κ2) is 5.90. The van der Waals surface area contributed by atoms with Crippen LogP contribution in [0.25, 0.3) is 5.69 Å². The number of non-ortho nitro benzene ring substituents is 1. The fourth-order valence-electron chi connectivity index (χ4n) is 2.76. The zero-order valence-electron chi connectivity index (χ0n) is 11.6. The van der Waals surface area contributed by atoms with Gasteiger partial charge >= 0.3 is 0 Å². The number of nitrogens with zero attached hydrogens (tertiary/aromatic N) is 4. The monoisotopic (exact) mass is 287 g/mol. The number of nitrogens with one attached hydrogen (secondary N) is 1. The molecule has 1 aromatic carbocycles. The van der Waals surface area contributed by atoms with Crippen molar-refractivity contribution in [3.63, 3.8) is 0 Å². The topological polar surface area (TPSA) is 85.9 Å². The van der Waals surface area contributed by atoms with Crippen molar-refractivity contribution in [3.05, 3.63) is 41.0 Å². The molecule has 0 aliphatic heterocycles. The highest BCUT2D eigenvalue weighted by molar-refractivity contribution is 5.65.